The van der Waals surface area contributed by atoms with Gasteiger partial charge < -0.3 is 9.47 Å². The van der Waals surface area contributed by atoms with Crippen LogP contribution in [0, 0.1) is 6.92 Å². The highest BCUT2D eigenvalue weighted by atomic mass is 16.5. The first-order chi connectivity index (χ1) is 13.0. The Balaban J connectivity index is 1.91. The second-order valence-electron chi connectivity index (χ2n) is 8.89. The van der Waals surface area contributed by atoms with E-state index in [1.165, 1.54) is 18.2 Å². The normalized spacial score (nSPS) is 16.8. The zero-order chi connectivity index (χ0) is 20.7. The smallest absolute Gasteiger partial charge is 0.343 e. The van der Waals surface area contributed by atoms with E-state index < -0.39 is 11.9 Å². The van der Waals surface area contributed by atoms with Crippen LogP contribution < -0.4 is 4.74 Å². The first kappa shape index (κ1) is 20.1. The standard InChI is InChI=1S/C24H28O4/c1-15-13-18-19(24(4,5)12-11-23(18,2)3)14-20(15)28-22(26)17-9-7-16(8-10-17)21(25)27-6/h7-10,13-14H,11-12H2,1-6H3. The molecule has 0 atom stereocenters. The van der Waals surface area contributed by atoms with Crippen LogP contribution in [0.25, 0.3) is 0 Å². The van der Waals surface area contributed by atoms with Crippen molar-refractivity contribution >= 4 is 11.9 Å². The molecule has 28 heavy (non-hydrogen) atoms. The van der Waals surface area contributed by atoms with Crippen molar-refractivity contribution < 1.29 is 19.1 Å². The van der Waals surface area contributed by atoms with Crippen molar-refractivity contribution in [1.82, 2.24) is 0 Å². The molecule has 0 fully saturated rings. The molecule has 0 saturated carbocycles. The van der Waals surface area contributed by atoms with E-state index in [-0.39, 0.29) is 10.8 Å². The van der Waals surface area contributed by atoms with Crippen LogP contribution in [0.1, 0.15) is 77.9 Å². The summed E-state index contributed by atoms with van der Waals surface area (Å²) in [5.74, 6) is -0.283. The van der Waals surface area contributed by atoms with Gasteiger partial charge in [-0.25, -0.2) is 9.59 Å². The lowest BCUT2D eigenvalue weighted by Crippen LogP contribution is -2.34. The van der Waals surface area contributed by atoms with E-state index in [1.807, 2.05) is 13.0 Å². The average molecular weight is 380 g/mol. The summed E-state index contributed by atoms with van der Waals surface area (Å²) in [5, 5.41) is 0. The topological polar surface area (TPSA) is 52.6 Å². The number of hydrogen-bond acceptors (Lipinski definition) is 4. The Morgan fingerprint density at radius 2 is 1.29 bits per heavy atom. The van der Waals surface area contributed by atoms with Gasteiger partial charge in [0.15, 0.2) is 0 Å². The number of methoxy groups -OCH3 is 1. The maximum absolute atomic E-state index is 12.6. The molecule has 2 aromatic rings. The lowest BCUT2D eigenvalue weighted by Gasteiger charge is -2.42. The molecule has 148 valence electrons. The summed E-state index contributed by atoms with van der Waals surface area (Å²) in [4.78, 5) is 24.2. The molecular weight excluding hydrogens is 352 g/mol. The Morgan fingerprint density at radius 1 is 0.821 bits per heavy atom. The number of aryl methyl sites for hydroxylation is 1. The molecule has 1 aliphatic rings. The maximum atomic E-state index is 12.6. The first-order valence-corrected chi connectivity index (χ1v) is 9.61. The number of fused-ring (bicyclic) bond motifs is 1. The third-order valence-electron chi connectivity index (χ3n) is 5.89. The quantitative estimate of drug-likeness (QED) is 0.532. The molecule has 0 amide bonds. The highest BCUT2D eigenvalue weighted by Crippen LogP contribution is 2.47. The summed E-state index contributed by atoms with van der Waals surface area (Å²) in [6.45, 7) is 11.0. The second-order valence-corrected chi connectivity index (χ2v) is 8.89. The monoisotopic (exact) mass is 380 g/mol. The molecule has 1 aliphatic carbocycles. The van der Waals surface area contributed by atoms with Crippen LogP contribution in [0.3, 0.4) is 0 Å². The number of benzene rings is 2. The summed E-state index contributed by atoms with van der Waals surface area (Å²) < 4.78 is 10.4. The minimum absolute atomic E-state index is 0.0435. The van der Waals surface area contributed by atoms with Crippen molar-refractivity contribution in [2.24, 2.45) is 0 Å². The zero-order valence-electron chi connectivity index (χ0n) is 17.5. The van der Waals surface area contributed by atoms with E-state index in [2.05, 4.69) is 38.5 Å². The van der Waals surface area contributed by atoms with Crippen molar-refractivity contribution in [3.63, 3.8) is 0 Å². The average Bonchev–Trinajstić information content (AvgIpc) is 2.66. The van der Waals surface area contributed by atoms with Crippen LogP contribution >= 0.6 is 0 Å². The van der Waals surface area contributed by atoms with Crippen LogP contribution in [0.5, 0.6) is 5.75 Å². The first-order valence-electron chi connectivity index (χ1n) is 9.61. The summed E-state index contributed by atoms with van der Waals surface area (Å²) in [5.41, 5.74) is 4.48. The maximum Gasteiger partial charge on any atom is 0.343 e. The van der Waals surface area contributed by atoms with E-state index in [9.17, 15) is 9.59 Å². The van der Waals surface area contributed by atoms with E-state index in [0.717, 1.165) is 18.4 Å². The molecule has 0 heterocycles. The van der Waals surface area contributed by atoms with Crippen molar-refractivity contribution in [1.29, 1.82) is 0 Å². The van der Waals surface area contributed by atoms with Crippen LogP contribution in [-0.2, 0) is 15.6 Å². The minimum Gasteiger partial charge on any atom is -0.465 e. The zero-order valence-corrected chi connectivity index (χ0v) is 17.5. The predicted molar refractivity (Wildman–Crippen MR) is 109 cm³/mol. The van der Waals surface area contributed by atoms with E-state index in [4.69, 9.17) is 4.74 Å². The van der Waals surface area contributed by atoms with Gasteiger partial charge in [-0.2, -0.15) is 0 Å². The highest BCUT2D eigenvalue weighted by molar-refractivity contribution is 5.94. The molecule has 4 heteroatoms. The Kier molecular flexibility index (Phi) is 5.09. The lowest BCUT2D eigenvalue weighted by atomic mass is 9.63. The molecule has 0 bridgehead atoms. The Morgan fingerprint density at radius 3 is 1.79 bits per heavy atom. The van der Waals surface area contributed by atoms with E-state index >= 15 is 0 Å². The molecule has 2 aromatic carbocycles. The van der Waals surface area contributed by atoms with Crippen LogP contribution in [0.4, 0.5) is 0 Å². The van der Waals surface area contributed by atoms with Gasteiger partial charge >= 0.3 is 11.9 Å². The van der Waals surface area contributed by atoms with Gasteiger partial charge in [0, 0.05) is 0 Å². The number of ether oxygens (including phenoxy) is 2. The Bertz CT molecular complexity index is 920. The number of carbonyl (C=O) groups is 2. The fraction of sp³-hybridized carbons (Fsp3) is 0.417. The number of rotatable bonds is 3. The van der Waals surface area contributed by atoms with Crippen molar-refractivity contribution in [2.45, 2.75) is 58.3 Å². The van der Waals surface area contributed by atoms with Gasteiger partial charge in [-0.15, -0.1) is 0 Å². The largest absolute Gasteiger partial charge is 0.465 e. The Hall–Kier alpha value is -2.62. The molecule has 0 unspecified atom stereocenters. The molecule has 0 spiro atoms. The third kappa shape index (κ3) is 3.68. The van der Waals surface area contributed by atoms with Crippen LogP contribution in [0.15, 0.2) is 36.4 Å². The molecule has 4 nitrogen and oxygen atoms in total. The van der Waals surface area contributed by atoms with E-state index in [0.29, 0.717) is 16.9 Å². The van der Waals surface area contributed by atoms with Gasteiger partial charge in [0.25, 0.3) is 0 Å². The molecule has 0 radical (unpaired) electrons. The summed E-state index contributed by atoms with van der Waals surface area (Å²) in [6.07, 6.45) is 2.23. The molecule has 0 aromatic heterocycles. The molecule has 0 N–H and O–H groups in total. The van der Waals surface area contributed by atoms with Crippen molar-refractivity contribution in [3.05, 3.63) is 64.2 Å². The summed E-state index contributed by atoms with van der Waals surface area (Å²) in [7, 11) is 1.33. The Labute approximate surface area is 166 Å². The number of carbonyl (C=O) groups excluding carboxylic acids is 2. The number of esters is 2. The van der Waals surface area contributed by atoms with Crippen LogP contribution in [0.2, 0.25) is 0 Å². The summed E-state index contributed by atoms with van der Waals surface area (Å²) in [6, 6.07) is 10.5. The minimum atomic E-state index is -0.438. The molecule has 0 aliphatic heterocycles. The third-order valence-corrected chi connectivity index (χ3v) is 5.89. The fourth-order valence-corrected chi connectivity index (χ4v) is 3.83. The summed E-state index contributed by atoms with van der Waals surface area (Å²) >= 11 is 0. The fourth-order valence-electron chi connectivity index (χ4n) is 3.83. The van der Waals surface area contributed by atoms with Crippen molar-refractivity contribution in [2.75, 3.05) is 7.11 Å². The molecule has 0 saturated heterocycles. The van der Waals surface area contributed by atoms with Gasteiger partial charge in [-0.1, -0.05) is 33.8 Å². The van der Waals surface area contributed by atoms with Gasteiger partial charge in [-0.05, 0) is 77.6 Å². The van der Waals surface area contributed by atoms with Crippen LogP contribution in [-0.4, -0.2) is 19.0 Å². The van der Waals surface area contributed by atoms with Gasteiger partial charge in [-0.3, -0.25) is 0 Å². The molecular formula is C24H28O4. The van der Waals surface area contributed by atoms with E-state index in [1.54, 1.807) is 24.3 Å². The molecule has 3 rings (SSSR count). The second kappa shape index (κ2) is 7.08. The van der Waals surface area contributed by atoms with Gasteiger partial charge in [0.2, 0.25) is 0 Å². The number of hydrogen-bond donors (Lipinski definition) is 0. The lowest BCUT2D eigenvalue weighted by molar-refractivity contribution is 0.0599. The van der Waals surface area contributed by atoms with Crippen molar-refractivity contribution in [3.8, 4) is 5.75 Å². The highest BCUT2D eigenvalue weighted by Gasteiger charge is 2.37. The van der Waals surface area contributed by atoms with Gasteiger partial charge in [0.1, 0.15) is 5.75 Å². The van der Waals surface area contributed by atoms with Gasteiger partial charge in [0.05, 0.1) is 18.2 Å². The SMILES string of the molecule is COC(=O)c1ccc(C(=O)Oc2cc3c(cc2C)C(C)(C)CCC3(C)C)cc1. The predicted octanol–water partition coefficient (Wildman–Crippen LogP) is 5.35.